The Morgan fingerprint density at radius 2 is 1.52 bits per heavy atom. The van der Waals surface area contributed by atoms with Crippen molar-refractivity contribution in [2.24, 2.45) is 0 Å². The van der Waals surface area contributed by atoms with Gasteiger partial charge in [-0.15, -0.1) is 0 Å². The first-order valence-electron chi connectivity index (χ1n) is 5.25. The van der Waals surface area contributed by atoms with Gasteiger partial charge in [0.1, 0.15) is 0 Å². The molecule has 23 heavy (non-hydrogen) atoms. The predicted octanol–water partition coefficient (Wildman–Crippen LogP) is 3.78. The van der Waals surface area contributed by atoms with E-state index >= 15 is 0 Å². The maximum Gasteiger partial charge on any atom is 0.432 e. The van der Waals surface area contributed by atoms with Crippen molar-refractivity contribution in [2.75, 3.05) is 0 Å². The molecule has 0 aliphatic carbocycles. The second-order valence-corrected chi connectivity index (χ2v) is 7.35. The van der Waals surface area contributed by atoms with Crippen molar-refractivity contribution in [2.45, 2.75) is 17.5 Å². The lowest BCUT2D eigenvalue weighted by atomic mass is 10.2. The lowest BCUT2D eigenvalue weighted by Crippen LogP contribution is -2.52. The first-order chi connectivity index (χ1) is 10.2. The van der Waals surface area contributed by atoms with Gasteiger partial charge in [0.05, 0.1) is 5.56 Å². The van der Waals surface area contributed by atoms with Gasteiger partial charge in [-0.3, -0.25) is 4.55 Å². The van der Waals surface area contributed by atoms with Crippen molar-refractivity contribution in [1.29, 1.82) is 0 Å². The highest BCUT2D eigenvalue weighted by molar-refractivity contribution is 9.11. The van der Waals surface area contributed by atoms with E-state index in [-0.39, 0.29) is 8.95 Å². The number of rotatable bonds is 4. The van der Waals surface area contributed by atoms with E-state index in [4.69, 9.17) is 4.55 Å². The number of carbonyl (C=O) groups is 1. The van der Waals surface area contributed by atoms with Crippen LogP contribution in [0.25, 0.3) is 0 Å². The van der Waals surface area contributed by atoms with Gasteiger partial charge >= 0.3 is 27.5 Å². The summed E-state index contributed by atoms with van der Waals surface area (Å²) >= 11 is 5.83. The van der Waals surface area contributed by atoms with Crippen LogP contribution in [0.4, 0.5) is 22.0 Å². The summed E-state index contributed by atoms with van der Waals surface area (Å²) in [7, 11) is -6.48. The molecule has 0 saturated carbocycles. The van der Waals surface area contributed by atoms with Crippen molar-refractivity contribution < 1.29 is 44.5 Å². The molecule has 1 rings (SSSR count). The molecule has 13 heteroatoms. The van der Waals surface area contributed by atoms with Crippen LogP contribution in [0.2, 0.25) is 0 Å². The largest absolute Gasteiger partial charge is 0.441 e. The topological polar surface area (TPSA) is 80.7 Å². The van der Waals surface area contributed by atoms with Gasteiger partial charge in [0.2, 0.25) is 0 Å². The van der Waals surface area contributed by atoms with E-state index in [1.807, 2.05) is 0 Å². The number of esters is 1. The molecule has 0 bridgehead atoms. The molecule has 0 fully saturated rings. The highest BCUT2D eigenvalue weighted by Crippen LogP contribution is 2.38. The van der Waals surface area contributed by atoms with Crippen molar-refractivity contribution in [3.63, 3.8) is 0 Å². The molecule has 0 aromatic heterocycles. The fraction of sp³-hybridized carbons (Fsp3) is 0.300. The van der Waals surface area contributed by atoms with E-state index in [2.05, 4.69) is 36.6 Å². The van der Waals surface area contributed by atoms with Crippen LogP contribution in [0.3, 0.4) is 0 Å². The monoisotopic (exact) mass is 490 g/mol. The quantitative estimate of drug-likeness (QED) is 0.394. The molecule has 1 aromatic rings. The number of halogens is 7. The van der Waals surface area contributed by atoms with Crippen molar-refractivity contribution in [1.82, 2.24) is 0 Å². The number of carbonyl (C=O) groups excluding carboxylic acids is 1. The molecule has 1 N–H and O–H groups in total. The van der Waals surface area contributed by atoms with Crippen LogP contribution < -0.4 is 0 Å². The molecular weight excluding hydrogens is 487 g/mol. The summed E-state index contributed by atoms with van der Waals surface area (Å²) in [6.07, 6.45) is -10.3. The SMILES string of the molecule is O=C(OC(C(F)(F)F)C(F)(F)S(=O)(=O)O)c1cc(Br)cc(Br)c1. The highest BCUT2D eigenvalue weighted by Gasteiger charge is 2.66. The summed E-state index contributed by atoms with van der Waals surface area (Å²) in [5.41, 5.74) is -0.563. The third kappa shape index (κ3) is 4.84. The molecule has 130 valence electrons. The van der Waals surface area contributed by atoms with Gasteiger partial charge in [0, 0.05) is 8.95 Å². The molecule has 0 aliphatic heterocycles. The van der Waals surface area contributed by atoms with Gasteiger partial charge in [0.25, 0.3) is 6.10 Å². The van der Waals surface area contributed by atoms with E-state index in [0.29, 0.717) is 0 Å². The average Bonchev–Trinajstić information content (AvgIpc) is 2.31. The van der Waals surface area contributed by atoms with Crippen LogP contribution in [-0.2, 0) is 14.9 Å². The van der Waals surface area contributed by atoms with Crippen molar-refractivity contribution in [3.8, 4) is 0 Å². The minimum atomic E-state index is -6.48. The van der Waals surface area contributed by atoms with Crippen LogP contribution in [0.15, 0.2) is 27.1 Å². The maximum atomic E-state index is 13.3. The smallest absolute Gasteiger partial charge is 0.432 e. The van der Waals surface area contributed by atoms with E-state index in [0.717, 1.165) is 12.1 Å². The Balaban J connectivity index is 3.25. The summed E-state index contributed by atoms with van der Waals surface area (Å²) in [6.45, 7) is 0. The Morgan fingerprint density at radius 1 is 1.09 bits per heavy atom. The second-order valence-electron chi connectivity index (χ2n) is 4.02. The first-order valence-corrected chi connectivity index (χ1v) is 8.27. The van der Waals surface area contributed by atoms with Gasteiger partial charge < -0.3 is 4.74 Å². The second kappa shape index (κ2) is 6.61. The highest BCUT2D eigenvalue weighted by atomic mass is 79.9. The van der Waals surface area contributed by atoms with Crippen LogP contribution in [-0.4, -0.2) is 36.5 Å². The number of hydrogen-bond donors (Lipinski definition) is 1. The molecule has 0 radical (unpaired) electrons. The number of ether oxygens (including phenoxy) is 1. The molecule has 0 spiro atoms. The fourth-order valence-electron chi connectivity index (χ4n) is 1.31. The summed E-state index contributed by atoms with van der Waals surface area (Å²) in [5, 5.41) is -5.77. The lowest BCUT2D eigenvalue weighted by Gasteiger charge is -2.26. The minimum Gasteiger partial charge on any atom is -0.441 e. The first kappa shape index (κ1) is 20.3. The number of benzene rings is 1. The van der Waals surface area contributed by atoms with Crippen molar-refractivity contribution >= 4 is 47.9 Å². The molecule has 1 aromatic carbocycles. The molecule has 1 unspecified atom stereocenters. The maximum absolute atomic E-state index is 13.3. The predicted molar refractivity (Wildman–Crippen MR) is 73.6 cm³/mol. The summed E-state index contributed by atoms with van der Waals surface area (Å²) in [6, 6.07) is 3.32. The Morgan fingerprint density at radius 3 is 1.87 bits per heavy atom. The molecule has 1 atom stereocenters. The van der Waals surface area contributed by atoms with Crippen LogP contribution in [0, 0.1) is 0 Å². The molecule has 0 amide bonds. The Kier molecular flexibility index (Phi) is 5.82. The van der Waals surface area contributed by atoms with Crippen molar-refractivity contribution in [3.05, 3.63) is 32.7 Å². The normalized spacial score (nSPS) is 14.4. The van der Waals surface area contributed by atoms with Crippen LogP contribution >= 0.6 is 31.9 Å². The molecule has 0 heterocycles. The summed E-state index contributed by atoms with van der Waals surface area (Å²) in [5.74, 6) is -1.86. The zero-order valence-electron chi connectivity index (χ0n) is 10.4. The van der Waals surface area contributed by atoms with E-state index < -0.39 is 39.2 Å². The minimum absolute atomic E-state index is 0.212. The third-order valence-corrected chi connectivity index (χ3v) is 4.09. The zero-order chi connectivity index (χ0) is 18.2. The summed E-state index contributed by atoms with van der Waals surface area (Å²) < 4.78 is 97.7. The van der Waals surface area contributed by atoms with E-state index in [9.17, 15) is 35.2 Å². The standard InChI is InChI=1S/C10H5Br2F5O5S/c11-5-1-4(2-6(12)3-5)7(18)22-8(9(13,14)15)10(16,17)23(19,20)21/h1-3,8H,(H,19,20,21). The Bertz CT molecular complexity index is 699. The number of alkyl halides is 5. The Labute approximate surface area is 142 Å². The summed E-state index contributed by atoms with van der Waals surface area (Å²) in [4.78, 5) is 11.6. The van der Waals surface area contributed by atoms with Crippen LogP contribution in [0.1, 0.15) is 10.4 Å². The molecular formula is C10H5Br2F5O5S. The molecule has 5 nitrogen and oxygen atoms in total. The van der Waals surface area contributed by atoms with Gasteiger partial charge in [-0.05, 0) is 18.2 Å². The zero-order valence-corrected chi connectivity index (χ0v) is 14.4. The van der Waals surface area contributed by atoms with Gasteiger partial charge in [-0.2, -0.15) is 30.4 Å². The van der Waals surface area contributed by atoms with E-state index in [1.54, 1.807) is 0 Å². The van der Waals surface area contributed by atoms with Gasteiger partial charge in [-0.1, -0.05) is 31.9 Å². The Hall–Kier alpha value is -0.790. The number of hydrogen-bond acceptors (Lipinski definition) is 4. The van der Waals surface area contributed by atoms with Gasteiger partial charge in [-0.25, -0.2) is 4.79 Å². The lowest BCUT2D eigenvalue weighted by molar-refractivity contribution is -0.248. The third-order valence-electron chi connectivity index (χ3n) is 2.27. The van der Waals surface area contributed by atoms with Crippen LogP contribution in [0.5, 0.6) is 0 Å². The van der Waals surface area contributed by atoms with Gasteiger partial charge in [0.15, 0.2) is 0 Å². The average molecular weight is 492 g/mol. The van der Waals surface area contributed by atoms with E-state index in [1.165, 1.54) is 6.07 Å². The molecule has 0 saturated heterocycles. The molecule has 0 aliphatic rings. The fourth-order valence-corrected chi connectivity index (χ4v) is 3.05.